The van der Waals surface area contributed by atoms with Crippen molar-refractivity contribution in [1.29, 1.82) is 0 Å². The second kappa shape index (κ2) is 9.65. The number of pyridine rings is 1. The molecule has 4 aromatic rings. The molecule has 1 N–H and O–H groups in total. The van der Waals surface area contributed by atoms with E-state index in [1.165, 1.54) is 0 Å². The third kappa shape index (κ3) is 4.62. The number of hydrogen-bond acceptors (Lipinski definition) is 3. The Hall–Kier alpha value is -3.99. The molecule has 0 fully saturated rings. The molecule has 166 valence electrons. The van der Waals surface area contributed by atoms with Gasteiger partial charge in [0, 0.05) is 29.3 Å². The molecule has 5 heteroatoms. The van der Waals surface area contributed by atoms with Gasteiger partial charge in [-0.15, -0.1) is 0 Å². The Morgan fingerprint density at radius 3 is 2.48 bits per heavy atom. The summed E-state index contributed by atoms with van der Waals surface area (Å²) in [6, 6.07) is 19.9. The summed E-state index contributed by atoms with van der Waals surface area (Å²) < 4.78 is 2.02. The second-order valence-corrected chi connectivity index (χ2v) is 8.16. The Balaban J connectivity index is 1.74. The van der Waals surface area contributed by atoms with Crippen molar-refractivity contribution in [3.63, 3.8) is 0 Å². The van der Waals surface area contributed by atoms with E-state index in [0.717, 1.165) is 41.3 Å². The van der Waals surface area contributed by atoms with E-state index in [9.17, 15) is 19.5 Å². The monoisotopic (exact) mass is 439 g/mol. The SMILES string of the molecule is CCCCc1cn(Cc2ccc(-c3ccccc3C(=O)O)cc2)c2cc(C=O)ccc2c1=O. The highest BCUT2D eigenvalue weighted by atomic mass is 16.4. The maximum absolute atomic E-state index is 13.0. The van der Waals surface area contributed by atoms with Gasteiger partial charge in [0.15, 0.2) is 5.43 Å². The van der Waals surface area contributed by atoms with Crippen molar-refractivity contribution in [2.45, 2.75) is 32.7 Å². The number of carbonyl (C=O) groups is 2. The molecule has 0 amide bonds. The van der Waals surface area contributed by atoms with Gasteiger partial charge in [-0.3, -0.25) is 9.59 Å². The summed E-state index contributed by atoms with van der Waals surface area (Å²) in [6.07, 6.45) is 5.34. The third-order valence-electron chi connectivity index (χ3n) is 5.89. The molecule has 0 aliphatic carbocycles. The zero-order valence-corrected chi connectivity index (χ0v) is 18.5. The normalized spacial score (nSPS) is 10.9. The Morgan fingerprint density at radius 2 is 1.79 bits per heavy atom. The number of aldehydes is 1. The number of unbranched alkanes of at least 4 members (excludes halogenated alkanes) is 1. The Labute approximate surface area is 191 Å². The van der Waals surface area contributed by atoms with E-state index in [4.69, 9.17) is 0 Å². The minimum Gasteiger partial charge on any atom is -0.478 e. The lowest BCUT2D eigenvalue weighted by Gasteiger charge is -2.15. The number of fused-ring (bicyclic) bond motifs is 1. The fourth-order valence-electron chi connectivity index (χ4n) is 4.12. The predicted octanol–water partition coefficient (Wildman–Crippen LogP) is 5.57. The number of benzene rings is 3. The highest BCUT2D eigenvalue weighted by molar-refractivity contribution is 5.96. The number of carboxylic acids is 1. The van der Waals surface area contributed by atoms with Crippen molar-refractivity contribution >= 4 is 23.2 Å². The van der Waals surface area contributed by atoms with Crippen molar-refractivity contribution in [3.8, 4) is 11.1 Å². The van der Waals surface area contributed by atoms with Crippen LogP contribution in [0, 0.1) is 0 Å². The third-order valence-corrected chi connectivity index (χ3v) is 5.89. The zero-order chi connectivity index (χ0) is 23.4. The summed E-state index contributed by atoms with van der Waals surface area (Å²) >= 11 is 0. The first-order chi connectivity index (χ1) is 16.0. The van der Waals surface area contributed by atoms with Crippen LogP contribution in [-0.4, -0.2) is 21.9 Å². The van der Waals surface area contributed by atoms with Gasteiger partial charge in [0.2, 0.25) is 0 Å². The van der Waals surface area contributed by atoms with Crippen molar-refractivity contribution in [2.24, 2.45) is 0 Å². The molecule has 0 aliphatic rings. The van der Waals surface area contributed by atoms with E-state index in [-0.39, 0.29) is 11.0 Å². The van der Waals surface area contributed by atoms with E-state index >= 15 is 0 Å². The molecule has 1 aromatic heterocycles. The van der Waals surface area contributed by atoms with Crippen LogP contribution < -0.4 is 5.43 Å². The maximum Gasteiger partial charge on any atom is 0.336 e. The number of aryl methyl sites for hydroxylation is 1. The minimum absolute atomic E-state index is 0.0211. The first-order valence-corrected chi connectivity index (χ1v) is 11.0. The van der Waals surface area contributed by atoms with Crippen LogP contribution in [0.2, 0.25) is 0 Å². The maximum atomic E-state index is 13.0. The lowest BCUT2D eigenvalue weighted by molar-refractivity contribution is 0.0697. The molecule has 5 nitrogen and oxygen atoms in total. The molecule has 0 saturated carbocycles. The van der Waals surface area contributed by atoms with E-state index < -0.39 is 5.97 Å². The van der Waals surface area contributed by atoms with Crippen LogP contribution in [0.3, 0.4) is 0 Å². The summed E-state index contributed by atoms with van der Waals surface area (Å²) in [5.74, 6) is -0.958. The lowest BCUT2D eigenvalue weighted by Crippen LogP contribution is -2.15. The second-order valence-electron chi connectivity index (χ2n) is 8.16. The quantitative estimate of drug-likeness (QED) is 0.364. The molecule has 0 atom stereocenters. The van der Waals surface area contributed by atoms with Gasteiger partial charge in [0.25, 0.3) is 0 Å². The molecule has 33 heavy (non-hydrogen) atoms. The smallest absolute Gasteiger partial charge is 0.336 e. The molecule has 4 rings (SSSR count). The largest absolute Gasteiger partial charge is 0.478 e. The van der Waals surface area contributed by atoms with Crippen LogP contribution in [0.15, 0.2) is 77.7 Å². The Morgan fingerprint density at radius 1 is 1.03 bits per heavy atom. The molecular weight excluding hydrogens is 414 g/mol. The molecule has 1 heterocycles. The zero-order valence-electron chi connectivity index (χ0n) is 18.5. The van der Waals surface area contributed by atoms with Gasteiger partial charge in [-0.05, 0) is 47.7 Å². The van der Waals surface area contributed by atoms with E-state index in [1.807, 2.05) is 41.1 Å². The van der Waals surface area contributed by atoms with Gasteiger partial charge in [0.1, 0.15) is 6.29 Å². The van der Waals surface area contributed by atoms with Gasteiger partial charge in [-0.1, -0.05) is 61.9 Å². The lowest BCUT2D eigenvalue weighted by atomic mass is 9.98. The van der Waals surface area contributed by atoms with E-state index in [1.54, 1.807) is 36.4 Å². The van der Waals surface area contributed by atoms with Crippen LogP contribution in [0.4, 0.5) is 0 Å². The van der Waals surface area contributed by atoms with E-state index in [0.29, 0.717) is 29.5 Å². The van der Waals surface area contributed by atoms with Gasteiger partial charge < -0.3 is 9.67 Å². The molecule has 0 spiro atoms. The van der Waals surface area contributed by atoms with Gasteiger partial charge in [-0.25, -0.2) is 4.79 Å². The number of carboxylic acid groups (broad SMARTS) is 1. The minimum atomic E-state index is -0.958. The van der Waals surface area contributed by atoms with Gasteiger partial charge in [-0.2, -0.15) is 0 Å². The molecular formula is C28H25NO4. The highest BCUT2D eigenvalue weighted by Gasteiger charge is 2.12. The number of hydrogen-bond donors (Lipinski definition) is 1. The molecule has 3 aromatic carbocycles. The molecule has 0 bridgehead atoms. The first kappa shape index (κ1) is 22.2. The van der Waals surface area contributed by atoms with Gasteiger partial charge >= 0.3 is 5.97 Å². The Kier molecular flexibility index (Phi) is 6.50. The summed E-state index contributed by atoms with van der Waals surface area (Å²) in [5, 5.41) is 10.1. The van der Waals surface area contributed by atoms with Crippen LogP contribution in [0.25, 0.3) is 22.0 Å². The molecule has 0 radical (unpaired) electrons. The number of aromatic nitrogens is 1. The summed E-state index contributed by atoms with van der Waals surface area (Å²) in [7, 11) is 0. The van der Waals surface area contributed by atoms with Crippen LogP contribution >= 0.6 is 0 Å². The summed E-state index contributed by atoms with van der Waals surface area (Å²) in [5.41, 5.74) is 4.81. The number of nitrogens with zero attached hydrogens (tertiary/aromatic N) is 1. The molecule has 0 unspecified atom stereocenters. The average Bonchev–Trinajstić information content (AvgIpc) is 2.85. The average molecular weight is 440 g/mol. The standard InChI is InChI=1S/C28H25NO4/c1-2-3-6-22-17-29(26-15-20(18-30)11-14-25(26)27(22)31)16-19-9-12-21(13-10-19)23-7-4-5-8-24(23)28(32)33/h4-5,7-15,17-18H,2-3,6,16H2,1H3,(H,32,33). The number of aromatic carboxylic acids is 1. The van der Waals surface area contributed by atoms with Crippen molar-refractivity contribution in [2.75, 3.05) is 0 Å². The van der Waals surface area contributed by atoms with Crippen molar-refractivity contribution in [3.05, 3.63) is 105 Å². The molecule has 0 aliphatic heterocycles. The summed E-state index contributed by atoms with van der Waals surface area (Å²) in [4.78, 5) is 35.9. The highest BCUT2D eigenvalue weighted by Crippen LogP contribution is 2.25. The number of rotatable bonds is 8. The van der Waals surface area contributed by atoms with Crippen LogP contribution in [0.5, 0.6) is 0 Å². The number of carbonyl (C=O) groups excluding carboxylic acids is 1. The van der Waals surface area contributed by atoms with Crippen LogP contribution in [0.1, 0.15) is 51.6 Å². The van der Waals surface area contributed by atoms with Crippen LogP contribution in [-0.2, 0) is 13.0 Å². The summed E-state index contributed by atoms with van der Waals surface area (Å²) in [6.45, 7) is 2.62. The topological polar surface area (TPSA) is 76.4 Å². The first-order valence-electron chi connectivity index (χ1n) is 11.0. The fraction of sp³-hybridized carbons (Fsp3) is 0.179. The molecule has 0 saturated heterocycles. The fourth-order valence-corrected chi connectivity index (χ4v) is 4.12. The van der Waals surface area contributed by atoms with E-state index in [2.05, 4.69) is 6.92 Å². The van der Waals surface area contributed by atoms with Gasteiger partial charge in [0.05, 0.1) is 11.1 Å². The van der Waals surface area contributed by atoms with Crippen molar-refractivity contribution in [1.82, 2.24) is 4.57 Å². The predicted molar refractivity (Wildman–Crippen MR) is 130 cm³/mol. The van der Waals surface area contributed by atoms with Crippen molar-refractivity contribution < 1.29 is 14.7 Å². The Bertz CT molecular complexity index is 1380.